The van der Waals surface area contributed by atoms with Crippen LogP contribution in [0.5, 0.6) is 0 Å². The van der Waals surface area contributed by atoms with Crippen LogP contribution in [0.4, 0.5) is 0 Å². The highest BCUT2D eigenvalue weighted by molar-refractivity contribution is 5.30. The van der Waals surface area contributed by atoms with Crippen LogP contribution in [0.1, 0.15) is 24.6 Å². The smallest absolute Gasteiger partial charge is 0.161 e. The van der Waals surface area contributed by atoms with Gasteiger partial charge < -0.3 is 4.74 Å². The Hall–Kier alpha value is -2.17. The van der Waals surface area contributed by atoms with Gasteiger partial charge in [0.15, 0.2) is 6.17 Å². The van der Waals surface area contributed by atoms with Gasteiger partial charge in [-0.2, -0.15) is 0 Å². The summed E-state index contributed by atoms with van der Waals surface area (Å²) in [6.07, 6.45) is 4.59. The first-order valence-electron chi connectivity index (χ1n) is 8.60. The number of nitrogens with zero attached hydrogens (tertiary/aromatic N) is 3. The minimum atomic E-state index is -0.0152. The van der Waals surface area contributed by atoms with Crippen molar-refractivity contribution in [1.82, 2.24) is 10.0 Å². The number of methoxy groups -OCH3 is 1. The number of ether oxygens (including phenoxy) is 1. The molecule has 4 rings (SSSR count). The summed E-state index contributed by atoms with van der Waals surface area (Å²) in [5.74, 6) is 0. The molecule has 0 spiro atoms. The summed E-state index contributed by atoms with van der Waals surface area (Å²) >= 11 is 0. The van der Waals surface area contributed by atoms with E-state index in [2.05, 4.69) is 70.8 Å². The zero-order valence-electron chi connectivity index (χ0n) is 14.0. The summed E-state index contributed by atoms with van der Waals surface area (Å²) < 4.78 is 5.44. The standard InChI is InChI=1S/C20H23N3O/c1-24-15-18-11-7-13-22(18)23-14-17-10-5-6-12-19(17)21-20(23)16-8-3-2-4-9-16/h2-6,8-10,12,14,18,20H,7,11,13,15H2,1H3/t18?,20-/m1/s1. The van der Waals surface area contributed by atoms with Gasteiger partial charge in [-0.1, -0.05) is 48.5 Å². The van der Waals surface area contributed by atoms with Gasteiger partial charge in [0.05, 0.1) is 18.0 Å². The van der Waals surface area contributed by atoms with Gasteiger partial charge in [-0.3, -0.25) is 10.0 Å². The van der Waals surface area contributed by atoms with E-state index in [1.807, 2.05) is 0 Å². The minimum Gasteiger partial charge on any atom is -0.383 e. The van der Waals surface area contributed by atoms with E-state index >= 15 is 0 Å². The normalized spacial score (nSPS) is 23.5. The van der Waals surface area contributed by atoms with E-state index in [4.69, 9.17) is 9.73 Å². The fraction of sp³-hybridized carbons (Fsp3) is 0.350. The van der Waals surface area contributed by atoms with Crippen molar-refractivity contribution in [2.45, 2.75) is 25.0 Å². The maximum atomic E-state index is 5.44. The van der Waals surface area contributed by atoms with Gasteiger partial charge >= 0.3 is 0 Å². The van der Waals surface area contributed by atoms with Crippen molar-refractivity contribution < 1.29 is 4.74 Å². The second kappa shape index (κ2) is 6.75. The highest BCUT2D eigenvalue weighted by Gasteiger charge is 2.33. The van der Waals surface area contributed by atoms with Crippen LogP contribution in [0.25, 0.3) is 6.20 Å². The Labute approximate surface area is 142 Å². The van der Waals surface area contributed by atoms with Gasteiger partial charge in [0.1, 0.15) is 0 Å². The van der Waals surface area contributed by atoms with Crippen LogP contribution in [-0.2, 0) is 4.74 Å². The summed E-state index contributed by atoms with van der Waals surface area (Å²) in [7, 11) is 1.78. The maximum absolute atomic E-state index is 5.44. The van der Waals surface area contributed by atoms with Gasteiger partial charge in [-0.05, 0) is 24.5 Å². The second-order valence-corrected chi connectivity index (χ2v) is 6.40. The Balaban J connectivity index is 1.78. The molecule has 0 saturated carbocycles. The molecule has 1 saturated heterocycles. The van der Waals surface area contributed by atoms with E-state index in [0.29, 0.717) is 6.04 Å². The molecule has 2 atom stereocenters. The Morgan fingerprint density at radius 1 is 1.08 bits per heavy atom. The van der Waals surface area contributed by atoms with Crippen molar-refractivity contribution in [3.63, 3.8) is 0 Å². The Kier molecular flexibility index (Phi) is 4.32. The van der Waals surface area contributed by atoms with Crippen molar-refractivity contribution in [2.75, 3.05) is 20.3 Å². The molecular formula is C20H23N3O. The third-order valence-electron chi connectivity index (χ3n) is 4.82. The lowest BCUT2D eigenvalue weighted by Gasteiger charge is -2.40. The number of hydrogen-bond donors (Lipinski definition) is 0. The van der Waals surface area contributed by atoms with Gasteiger partial charge in [-0.25, -0.2) is 5.01 Å². The fourth-order valence-corrected chi connectivity index (χ4v) is 3.67. The van der Waals surface area contributed by atoms with Gasteiger partial charge in [0, 0.05) is 25.1 Å². The zero-order chi connectivity index (χ0) is 16.4. The van der Waals surface area contributed by atoms with E-state index in [1.165, 1.54) is 23.6 Å². The van der Waals surface area contributed by atoms with E-state index in [9.17, 15) is 0 Å². The van der Waals surface area contributed by atoms with Gasteiger partial charge in [-0.15, -0.1) is 0 Å². The number of para-hydroxylation sites is 1. The highest BCUT2D eigenvalue weighted by Crippen LogP contribution is 2.30. The van der Waals surface area contributed by atoms with E-state index in [0.717, 1.165) is 18.5 Å². The predicted molar refractivity (Wildman–Crippen MR) is 94.3 cm³/mol. The molecule has 4 nitrogen and oxygen atoms in total. The Morgan fingerprint density at radius 2 is 1.88 bits per heavy atom. The molecule has 2 aromatic rings. The fourth-order valence-electron chi connectivity index (χ4n) is 3.67. The molecule has 1 unspecified atom stereocenters. The van der Waals surface area contributed by atoms with Crippen LogP contribution < -0.4 is 10.6 Å². The monoisotopic (exact) mass is 321 g/mol. The van der Waals surface area contributed by atoms with E-state index in [-0.39, 0.29) is 6.17 Å². The molecule has 2 aliphatic rings. The van der Waals surface area contributed by atoms with E-state index in [1.54, 1.807) is 7.11 Å². The molecule has 2 heterocycles. The lowest BCUT2D eigenvalue weighted by atomic mass is 10.1. The molecule has 2 aliphatic heterocycles. The largest absolute Gasteiger partial charge is 0.383 e. The lowest BCUT2D eigenvalue weighted by molar-refractivity contribution is -0.0346. The minimum absolute atomic E-state index is 0.0152. The molecular weight excluding hydrogens is 298 g/mol. The third-order valence-corrected chi connectivity index (χ3v) is 4.82. The van der Waals surface area contributed by atoms with Crippen molar-refractivity contribution in [3.05, 3.63) is 70.7 Å². The van der Waals surface area contributed by atoms with Crippen molar-refractivity contribution in [1.29, 1.82) is 0 Å². The van der Waals surface area contributed by atoms with Crippen molar-refractivity contribution in [3.8, 4) is 0 Å². The lowest BCUT2D eigenvalue weighted by Crippen LogP contribution is -2.49. The maximum Gasteiger partial charge on any atom is 0.161 e. The summed E-state index contributed by atoms with van der Waals surface area (Å²) in [4.78, 5) is 5.05. The van der Waals surface area contributed by atoms with Crippen LogP contribution in [0.15, 0.2) is 59.6 Å². The van der Waals surface area contributed by atoms with Crippen LogP contribution >= 0.6 is 0 Å². The summed E-state index contributed by atoms with van der Waals surface area (Å²) in [6.45, 7) is 1.80. The zero-order valence-corrected chi connectivity index (χ0v) is 14.0. The van der Waals surface area contributed by atoms with Crippen LogP contribution in [0, 0.1) is 0 Å². The second-order valence-electron chi connectivity index (χ2n) is 6.40. The predicted octanol–water partition coefficient (Wildman–Crippen LogP) is 2.08. The first-order valence-corrected chi connectivity index (χ1v) is 8.60. The quantitative estimate of drug-likeness (QED) is 0.863. The van der Waals surface area contributed by atoms with Crippen LogP contribution in [0.2, 0.25) is 0 Å². The number of hydrazine groups is 1. The van der Waals surface area contributed by atoms with Crippen LogP contribution in [-0.4, -0.2) is 36.3 Å². The Bertz CT molecular complexity index is 805. The van der Waals surface area contributed by atoms with Gasteiger partial charge in [0.25, 0.3) is 0 Å². The third kappa shape index (κ3) is 2.83. The summed E-state index contributed by atoms with van der Waals surface area (Å²) in [6, 6.07) is 19.3. The number of hydrogen-bond acceptors (Lipinski definition) is 4. The highest BCUT2D eigenvalue weighted by atomic mass is 16.5. The van der Waals surface area contributed by atoms with Crippen LogP contribution in [0.3, 0.4) is 0 Å². The number of benzene rings is 2. The average Bonchev–Trinajstić information content (AvgIpc) is 3.10. The van der Waals surface area contributed by atoms with E-state index < -0.39 is 0 Å². The molecule has 0 aliphatic carbocycles. The molecule has 4 heteroatoms. The molecule has 1 fully saturated rings. The Morgan fingerprint density at radius 3 is 2.71 bits per heavy atom. The molecule has 2 aromatic carbocycles. The average molecular weight is 321 g/mol. The topological polar surface area (TPSA) is 28.1 Å². The molecule has 0 N–H and O–H groups in total. The van der Waals surface area contributed by atoms with Crippen molar-refractivity contribution in [2.24, 2.45) is 4.99 Å². The molecule has 24 heavy (non-hydrogen) atoms. The number of rotatable bonds is 4. The number of fused-ring (bicyclic) bond motifs is 1. The van der Waals surface area contributed by atoms with Crippen molar-refractivity contribution >= 4 is 6.20 Å². The summed E-state index contributed by atoms with van der Waals surface area (Å²) in [5, 5.41) is 6.98. The molecule has 0 amide bonds. The summed E-state index contributed by atoms with van der Waals surface area (Å²) in [5.41, 5.74) is 1.21. The molecule has 0 bridgehead atoms. The molecule has 124 valence electrons. The molecule has 0 aromatic heterocycles. The SMILES string of the molecule is COCC1CCCN1N1C=c2ccccc2=N[C@H]1c1ccccc1. The first-order chi connectivity index (χ1) is 11.9. The first kappa shape index (κ1) is 15.4. The van der Waals surface area contributed by atoms with Gasteiger partial charge in [0.2, 0.25) is 0 Å². The molecule has 0 radical (unpaired) electrons.